The highest BCUT2D eigenvalue weighted by atomic mass is 32.1. The zero-order valence-corrected chi connectivity index (χ0v) is 42.3. The predicted octanol–water partition coefficient (Wildman–Crippen LogP) is 14.4. The van der Waals surface area contributed by atoms with E-state index >= 15 is 0 Å². The van der Waals surface area contributed by atoms with Crippen molar-refractivity contribution in [2.24, 2.45) is 0 Å². The minimum absolute atomic E-state index is 0.810. The van der Waals surface area contributed by atoms with Crippen molar-refractivity contribution in [1.29, 1.82) is 0 Å². The normalized spacial score (nSPS) is 11.7. The summed E-state index contributed by atoms with van der Waals surface area (Å²) < 4.78 is 0. The van der Waals surface area contributed by atoms with Crippen LogP contribution >= 0.6 is 147 Å². The average Bonchev–Trinajstić information content (AvgIpc) is 4.17. The molecule has 13 aromatic rings. The summed E-state index contributed by atoms with van der Waals surface area (Å²) in [6.07, 6.45) is 2.86. The lowest BCUT2D eigenvalue weighted by molar-refractivity contribution is 1.28. The topological polar surface area (TPSA) is 168 Å². The smallest absolute Gasteiger partial charge is 0.143 e. The van der Waals surface area contributed by atoms with E-state index < -0.39 is 0 Å². The van der Waals surface area contributed by atoms with Gasteiger partial charge in [0.05, 0.1) is 5.51 Å². The molecule has 13 nitrogen and oxygen atoms in total. The van der Waals surface area contributed by atoms with Gasteiger partial charge >= 0.3 is 0 Å². The first-order valence-corrected chi connectivity index (χ1v) is 29.8. The first-order chi connectivity index (χ1) is 32.1. The molecule has 0 aliphatic heterocycles. The lowest BCUT2D eigenvalue weighted by atomic mass is 10.4. The average molecular weight is 1080 g/mol. The maximum absolute atomic E-state index is 4.94. The molecule has 0 fully saturated rings. The van der Waals surface area contributed by atoms with E-state index in [0.717, 1.165) is 128 Å². The number of hydrogen-bond donors (Lipinski definition) is 0. The number of rotatable bonds is 12. The summed E-state index contributed by atoms with van der Waals surface area (Å²) in [5.74, 6) is 0. The van der Waals surface area contributed by atoms with Crippen LogP contribution in [0.25, 0.3) is 128 Å². The highest BCUT2D eigenvalue weighted by Crippen LogP contribution is 2.41. The molecule has 65 heavy (non-hydrogen) atoms. The van der Waals surface area contributed by atoms with Crippen molar-refractivity contribution >= 4 is 147 Å². The van der Waals surface area contributed by atoms with E-state index in [2.05, 4.69) is 16.2 Å². The van der Waals surface area contributed by atoms with Crippen molar-refractivity contribution in [2.45, 2.75) is 0 Å². The van der Waals surface area contributed by atoms with E-state index in [1.807, 2.05) is 75.5 Å². The van der Waals surface area contributed by atoms with E-state index in [9.17, 15) is 0 Å². The van der Waals surface area contributed by atoms with Gasteiger partial charge in [-0.15, -0.1) is 147 Å². The van der Waals surface area contributed by atoms with Crippen LogP contribution in [0.3, 0.4) is 0 Å². The molecule has 0 spiro atoms. The molecule has 0 bridgehead atoms. The van der Waals surface area contributed by atoms with Crippen molar-refractivity contribution in [3.05, 3.63) is 81.6 Å². The second-order valence-electron chi connectivity index (χ2n) is 13.1. The van der Waals surface area contributed by atoms with Gasteiger partial charge in [0.2, 0.25) is 0 Å². The summed E-state index contributed by atoms with van der Waals surface area (Å²) in [7, 11) is 0. The maximum atomic E-state index is 4.94. The summed E-state index contributed by atoms with van der Waals surface area (Å²) in [6, 6.07) is 0. The Morgan fingerprint density at radius 2 is 0.477 bits per heavy atom. The SMILES string of the molecule is [c]1csc(-c2csc(-c3csc(-c4csc(-c5csc(-c6csc(-c7csc(-c8csc(-c9csc(-c%10csc(-c%11csc(-c%12csc(-c%13cscn%13)n%12)n%11)n%10)n9)n8)n7)n6)n5)n4)n3)n2)n1. The zero-order chi connectivity index (χ0) is 42.8. The molecule has 13 heterocycles. The van der Waals surface area contributed by atoms with Gasteiger partial charge in [-0.1, -0.05) is 0 Å². The summed E-state index contributed by atoms with van der Waals surface area (Å²) in [5.41, 5.74) is 11.8. The fourth-order valence-corrected chi connectivity index (χ4v) is 16.4. The molecular weight excluding hydrogens is 1070 g/mol. The van der Waals surface area contributed by atoms with Gasteiger partial charge in [-0.25, -0.2) is 64.8 Å². The largest absolute Gasteiger partial charge is 0.242 e. The molecule has 0 aliphatic carbocycles. The van der Waals surface area contributed by atoms with Crippen LogP contribution in [0, 0.1) is 6.20 Å². The first kappa shape index (κ1) is 40.5. The van der Waals surface area contributed by atoms with Gasteiger partial charge in [0, 0.05) is 69.9 Å². The third-order valence-corrected chi connectivity index (χ3v) is 19.8. The highest BCUT2D eigenvalue weighted by molar-refractivity contribution is 7.20. The van der Waals surface area contributed by atoms with E-state index in [0.29, 0.717) is 0 Å². The van der Waals surface area contributed by atoms with Crippen molar-refractivity contribution in [3.8, 4) is 128 Å². The molecule has 26 heteroatoms. The molecule has 0 unspecified atom stereocenters. The van der Waals surface area contributed by atoms with E-state index in [-0.39, 0.29) is 0 Å². The highest BCUT2D eigenvalue weighted by Gasteiger charge is 2.21. The quantitative estimate of drug-likeness (QED) is 0.113. The second-order valence-corrected chi connectivity index (χ2v) is 24.1. The van der Waals surface area contributed by atoms with Crippen LogP contribution in [-0.2, 0) is 0 Å². The van der Waals surface area contributed by atoms with Crippen LogP contribution < -0.4 is 0 Å². The van der Waals surface area contributed by atoms with E-state index in [1.165, 1.54) is 11.3 Å². The summed E-state index contributed by atoms with van der Waals surface area (Å²) in [4.78, 5) is 62.3. The minimum Gasteiger partial charge on any atom is -0.242 e. The van der Waals surface area contributed by atoms with Crippen LogP contribution in [0.4, 0.5) is 0 Å². The fourth-order valence-electron chi connectivity index (χ4n) is 6.02. The standard InChI is InChI=1S/C39H14N13S13/c1-2-54-28(40-1)17-4-56-30(42-17)19-6-58-32(44-19)21-8-60-34(46-21)23-10-62-36(48-23)25-12-64-38(50-25)27-14-65-39(52-27)26-13-63-37(51-26)24-11-61-35(49-24)22-9-59-33(47-22)20-7-57-31(45-20)18-5-55-29(43-18)16-3-53-15-41-16/h2-15H. The molecule has 13 aromatic heterocycles. The molecule has 313 valence electrons. The van der Waals surface area contributed by atoms with Crippen LogP contribution in [0.1, 0.15) is 0 Å². The molecule has 0 amide bonds. The van der Waals surface area contributed by atoms with Crippen molar-refractivity contribution in [3.63, 3.8) is 0 Å². The monoisotopic (exact) mass is 1080 g/mol. The van der Waals surface area contributed by atoms with Crippen LogP contribution in [0.5, 0.6) is 0 Å². The Bertz CT molecular complexity index is 3490. The Hall–Kier alpha value is -4.81. The van der Waals surface area contributed by atoms with Gasteiger partial charge in [0.15, 0.2) is 0 Å². The summed E-state index contributed by atoms with van der Waals surface area (Å²) in [6.45, 7) is 0. The Morgan fingerprint density at radius 3 is 0.677 bits per heavy atom. The Kier molecular flexibility index (Phi) is 10.7. The number of nitrogens with zero attached hydrogens (tertiary/aromatic N) is 13. The first-order valence-electron chi connectivity index (χ1n) is 18.4. The molecule has 0 N–H and O–H groups in total. The number of aromatic nitrogens is 13. The van der Waals surface area contributed by atoms with Gasteiger partial charge in [-0.3, -0.25) is 0 Å². The fraction of sp³-hybridized carbons (Fsp3) is 0. The van der Waals surface area contributed by atoms with Gasteiger partial charge in [-0.2, -0.15) is 0 Å². The third kappa shape index (κ3) is 7.94. The van der Waals surface area contributed by atoms with E-state index in [4.69, 9.17) is 54.8 Å². The predicted molar refractivity (Wildman–Crippen MR) is 274 cm³/mol. The van der Waals surface area contributed by atoms with Gasteiger partial charge in [0.25, 0.3) is 0 Å². The Balaban J connectivity index is 0.661. The van der Waals surface area contributed by atoms with Crippen molar-refractivity contribution in [2.75, 3.05) is 0 Å². The lowest BCUT2D eigenvalue weighted by Gasteiger charge is -1.91. The van der Waals surface area contributed by atoms with Crippen molar-refractivity contribution in [1.82, 2.24) is 64.8 Å². The van der Waals surface area contributed by atoms with Gasteiger partial charge < -0.3 is 0 Å². The molecule has 1 radical (unpaired) electrons. The van der Waals surface area contributed by atoms with Gasteiger partial charge in [-0.05, 0) is 0 Å². The van der Waals surface area contributed by atoms with Crippen molar-refractivity contribution < 1.29 is 0 Å². The Labute approximate surface area is 417 Å². The molecule has 13 rings (SSSR count). The summed E-state index contributed by atoms with van der Waals surface area (Å²) in [5, 5.41) is 36.2. The Morgan fingerprint density at radius 1 is 0.246 bits per heavy atom. The maximum Gasteiger partial charge on any atom is 0.143 e. The van der Waals surface area contributed by atoms with E-state index in [1.54, 1.807) is 136 Å². The zero-order valence-electron chi connectivity index (χ0n) is 31.7. The van der Waals surface area contributed by atoms with Crippen LogP contribution in [0.15, 0.2) is 75.5 Å². The molecular formula is C39H14N13S13. The number of hydrogen-bond acceptors (Lipinski definition) is 26. The molecule has 0 saturated carbocycles. The van der Waals surface area contributed by atoms with Gasteiger partial charge in [0.1, 0.15) is 135 Å². The third-order valence-electron chi connectivity index (χ3n) is 9.00. The molecule has 0 atom stereocenters. The molecule has 0 saturated heterocycles. The summed E-state index contributed by atoms with van der Waals surface area (Å²) >= 11 is 20.2. The van der Waals surface area contributed by atoms with Crippen LogP contribution in [-0.4, -0.2) is 64.8 Å². The lowest BCUT2D eigenvalue weighted by Crippen LogP contribution is -1.83. The molecule has 0 aliphatic rings. The molecule has 0 aromatic carbocycles. The number of thiazole rings is 13. The minimum atomic E-state index is 0.810. The van der Waals surface area contributed by atoms with Crippen LogP contribution in [0.2, 0.25) is 0 Å². The second kappa shape index (κ2) is 17.1.